The van der Waals surface area contributed by atoms with E-state index in [-0.39, 0.29) is 0 Å². The first kappa shape index (κ1) is 20.9. The van der Waals surface area contributed by atoms with Gasteiger partial charge in [0.05, 0.1) is 11.4 Å². The Labute approximate surface area is 207 Å². The van der Waals surface area contributed by atoms with Crippen molar-refractivity contribution in [3.8, 4) is 33.8 Å². The van der Waals surface area contributed by atoms with Crippen LogP contribution in [-0.2, 0) is 6.54 Å². The third-order valence-corrected chi connectivity index (χ3v) is 6.88. The monoisotopic (exact) mass is 472 g/mol. The van der Waals surface area contributed by atoms with Gasteiger partial charge < -0.3 is 4.98 Å². The van der Waals surface area contributed by atoms with E-state index in [1.807, 2.05) is 42.9 Å². The molecule has 7 heterocycles. The molecule has 0 saturated carbocycles. The fourth-order valence-electron chi connectivity index (χ4n) is 5.10. The summed E-state index contributed by atoms with van der Waals surface area (Å²) >= 11 is 0. The predicted molar refractivity (Wildman–Crippen MR) is 140 cm³/mol. The highest BCUT2D eigenvalue weighted by molar-refractivity contribution is 5.99. The number of fused-ring (bicyclic) bond motifs is 2. The average Bonchev–Trinajstić information content (AvgIpc) is 3.68. The van der Waals surface area contributed by atoms with Crippen molar-refractivity contribution in [1.29, 1.82) is 0 Å². The molecular weight excluding hydrogens is 448 g/mol. The quantitative estimate of drug-likeness (QED) is 0.357. The molecule has 7 rings (SSSR count). The fourth-order valence-corrected chi connectivity index (χ4v) is 5.10. The van der Waals surface area contributed by atoms with Crippen molar-refractivity contribution in [2.75, 3.05) is 13.1 Å². The molecule has 0 aromatic carbocycles. The molecule has 8 heteroatoms. The van der Waals surface area contributed by atoms with Gasteiger partial charge in [-0.05, 0) is 67.9 Å². The van der Waals surface area contributed by atoms with Gasteiger partial charge >= 0.3 is 0 Å². The number of hydrogen-bond donors (Lipinski definition) is 2. The van der Waals surface area contributed by atoms with E-state index in [2.05, 4.69) is 58.2 Å². The number of hydrogen-bond acceptors (Lipinski definition) is 6. The SMILES string of the molecule is c1ccc(-c2ccnc3[nH]c(-c4n[nH]c5ncc(-c6cncc(CN7CCCC7)c6)cc45)cc23)nc1. The van der Waals surface area contributed by atoms with Crippen LogP contribution >= 0.6 is 0 Å². The minimum Gasteiger partial charge on any atom is -0.338 e. The number of rotatable bonds is 5. The van der Waals surface area contributed by atoms with E-state index in [4.69, 9.17) is 0 Å². The van der Waals surface area contributed by atoms with Crippen molar-refractivity contribution in [3.05, 3.63) is 79.0 Å². The van der Waals surface area contributed by atoms with E-state index in [1.54, 1.807) is 12.4 Å². The number of nitrogens with one attached hydrogen (secondary N) is 2. The summed E-state index contributed by atoms with van der Waals surface area (Å²) in [5.41, 5.74) is 8.48. The molecule has 0 atom stereocenters. The third kappa shape index (κ3) is 3.72. The molecule has 0 unspecified atom stereocenters. The van der Waals surface area contributed by atoms with Crippen molar-refractivity contribution in [2.24, 2.45) is 0 Å². The molecule has 0 amide bonds. The smallest absolute Gasteiger partial charge is 0.155 e. The third-order valence-electron chi connectivity index (χ3n) is 6.88. The van der Waals surface area contributed by atoms with Gasteiger partial charge in [-0.3, -0.25) is 20.0 Å². The Morgan fingerprint density at radius 3 is 2.61 bits per heavy atom. The Balaban J connectivity index is 1.28. The van der Waals surface area contributed by atoms with E-state index < -0.39 is 0 Å². The van der Waals surface area contributed by atoms with Gasteiger partial charge in [0.1, 0.15) is 11.3 Å². The van der Waals surface area contributed by atoms with Crippen LogP contribution in [0.5, 0.6) is 0 Å². The summed E-state index contributed by atoms with van der Waals surface area (Å²) in [5.74, 6) is 0. The maximum Gasteiger partial charge on any atom is 0.155 e. The van der Waals surface area contributed by atoms with Gasteiger partial charge in [0.2, 0.25) is 0 Å². The highest BCUT2D eigenvalue weighted by Crippen LogP contribution is 2.33. The molecule has 0 radical (unpaired) electrons. The highest BCUT2D eigenvalue weighted by Gasteiger charge is 2.17. The topological polar surface area (TPSA) is 99.3 Å². The second-order valence-electron chi connectivity index (χ2n) is 9.28. The van der Waals surface area contributed by atoms with Crippen molar-refractivity contribution in [3.63, 3.8) is 0 Å². The van der Waals surface area contributed by atoms with Crippen LogP contribution in [0, 0.1) is 0 Å². The second-order valence-corrected chi connectivity index (χ2v) is 9.28. The van der Waals surface area contributed by atoms with Crippen molar-refractivity contribution < 1.29 is 0 Å². The normalized spacial score (nSPS) is 14.2. The summed E-state index contributed by atoms with van der Waals surface area (Å²) in [7, 11) is 0. The Morgan fingerprint density at radius 1 is 0.806 bits per heavy atom. The molecule has 0 spiro atoms. The lowest BCUT2D eigenvalue weighted by Crippen LogP contribution is -2.18. The van der Waals surface area contributed by atoms with Gasteiger partial charge in [-0.15, -0.1) is 0 Å². The molecule has 2 N–H and O–H groups in total. The second kappa shape index (κ2) is 8.66. The highest BCUT2D eigenvalue weighted by atomic mass is 15.2. The van der Waals surface area contributed by atoms with Gasteiger partial charge in [-0.1, -0.05) is 6.07 Å². The molecule has 0 bridgehead atoms. The average molecular weight is 473 g/mol. The van der Waals surface area contributed by atoms with Crippen molar-refractivity contribution >= 4 is 22.1 Å². The van der Waals surface area contributed by atoms with Crippen LogP contribution in [0.2, 0.25) is 0 Å². The lowest BCUT2D eigenvalue weighted by atomic mass is 10.1. The zero-order valence-corrected chi connectivity index (χ0v) is 19.6. The van der Waals surface area contributed by atoms with Gasteiger partial charge in [-0.2, -0.15) is 5.10 Å². The standard InChI is InChI=1S/C28H24N8/c1-2-7-30-24(5-1)21-6-8-31-27-22(21)13-25(33-27)26-23-12-20(16-32-28(23)35-34-26)19-11-18(14-29-15-19)17-36-9-3-4-10-36/h1-2,5-8,11-16H,3-4,9-10,17H2,(H,31,33)(H,32,34,35). The van der Waals surface area contributed by atoms with E-state index in [0.717, 1.165) is 75.5 Å². The number of likely N-dealkylation sites (tertiary alicyclic amines) is 1. The van der Waals surface area contributed by atoms with Crippen molar-refractivity contribution in [1.82, 2.24) is 40.0 Å². The summed E-state index contributed by atoms with van der Waals surface area (Å²) in [4.78, 5) is 24.2. The molecule has 1 aliphatic rings. The van der Waals surface area contributed by atoms with Gasteiger partial charge in [-0.25, -0.2) is 9.97 Å². The van der Waals surface area contributed by atoms with Gasteiger partial charge in [0.25, 0.3) is 0 Å². The zero-order valence-electron chi connectivity index (χ0n) is 19.6. The Bertz CT molecular complexity index is 1680. The molecule has 1 saturated heterocycles. The minimum atomic E-state index is 0.742. The van der Waals surface area contributed by atoms with Crippen LogP contribution < -0.4 is 0 Å². The van der Waals surface area contributed by atoms with Gasteiger partial charge in [0.15, 0.2) is 5.65 Å². The minimum absolute atomic E-state index is 0.742. The maximum absolute atomic E-state index is 4.66. The molecular formula is C28H24N8. The molecule has 6 aromatic heterocycles. The summed E-state index contributed by atoms with van der Waals surface area (Å²) in [6, 6.07) is 14.4. The number of nitrogens with zero attached hydrogens (tertiary/aromatic N) is 6. The molecule has 176 valence electrons. The van der Waals surface area contributed by atoms with Crippen LogP contribution in [0.3, 0.4) is 0 Å². The van der Waals surface area contributed by atoms with E-state index in [0.29, 0.717) is 0 Å². The molecule has 0 aliphatic carbocycles. The molecule has 8 nitrogen and oxygen atoms in total. The lowest BCUT2D eigenvalue weighted by Gasteiger charge is -2.14. The molecule has 1 aliphatic heterocycles. The Kier molecular flexibility index (Phi) is 5.03. The Morgan fingerprint density at radius 2 is 1.72 bits per heavy atom. The zero-order chi connectivity index (χ0) is 23.9. The first-order valence-electron chi connectivity index (χ1n) is 12.2. The molecule has 6 aromatic rings. The number of H-pyrrole nitrogens is 2. The molecule has 1 fully saturated rings. The number of aromatic amines is 2. The number of pyridine rings is 4. The molecule has 36 heavy (non-hydrogen) atoms. The Hall–Kier alpha value is -4.43. The van der Waals surface area contributed by atoms with Crippen LogP contribution in [0.25, 0.3) is 55.8 Å². The van der Waals surface area contributed by atoms with E-state index >= 15 is 0 Å². The van der Waals surface area contributed by atoms with Crippen LogP contribution in [-0.4, -0.2) is 53.1 Å². The van der Waals surface area contributed by atoms with Crippen LogP contribution in [0.1, 0.15) is 18.4 Å². The first-order chi connectivity index (χ1) is 17.8. The fraction of sp³-hybridized carbons (Fsp3) is 0.179. The van der Waals surface area contributed by atoms with Crippen LogP contribution in [0.15, 0.2) is 73.4 Å². The summed E-state index contributed by atoms with van der Waals surface area (Å²) in [6.45, 7) is 3.27. The lowest BCUT2D eigenvalue weighted by molar-refractivity contribution is 0.331. The van der Waals surface area contributed by atoms with Gasteiger partial charge in [0, 0.05) is 65.0 Å². The number of aromatic nitrogens is 7. The van der Waals surface area contributed by atoms with Crippen LogP contribution in [0.4, 0.5) is 0 Å². The van der Waals surface area contributed by atoms with E-state index in [9.17, 15) is 0 Å². The largest absolute Gasteiger partial charge is 0.338 e. The summed E-state index contributed by atoms with van der Waals surface area (Å²) in [6.07, 6.45) is 11.9. The summed E-state index contributed by atoms with van der Waals surface area (Å²) in [5, 5.41) is 9.63. The predicted octanol–water partition coefficient (Wildman–Crippen LogP) is 5.22. The van der Waals surface area contributed by atoms with Crippen molar-refractivity contribution in [2.45, 2.75) is 19.4 Å². The summed E-state index contributed by atoms with van der Waals surface area (Å²) < 4.78 is 0. The van der Waals surface area contributed by atoms with E-state index in [1.165, 1.54) is 18.4 Å². The maximum atomic E-state index is 4.66. The first-order valence-corrected chi connectivity index (χ1v) is 12.2.